The number of carbonyl (C=O) groups excluding carboxylic acids is 6. The van der Waals surface area contributed by atoms with Gasteiger partial charge in [-0.05, 0) is 60.9 Å². The number of nitrogens with two attached hydrogens (primary N) is 3. The minimum Gasteiger partial charge on any atom is -0.370 e. The molecular weight excluding hydrogens is 819 g/mol. The molecule has 1 aliphatic rings. The van der Waals surface area contributed by atoms with Gasteiger partial charge in [-0.2, -0.15) is 0 Å². The number of ketones is 1. The molecule has 2 aromatic carbocycles. The topological polar surface area (TPSA) is 313 Å². The number of aliphatic imine (C=N–C) groups is 1. The number of imidazole rings is 1. The Morgan fingerprint density at radius 3 is 2.22 bits per heavy atom. The van der Waals surface area contributed by atoms with E-state index in [0.717, 1.165) is 32.9 Å². The number of Topliss-reactive ketones (excluding diaryl/α,β-unsaturated/α-hetero) is 1. The molecule has 19 nitrogen and oxygen atoms in total. The fourth-order valence-electron chi connectivity index (χ4n) is 7.90. The van der Waals surface area contributed by atoms with Crippen LogP contribution in [-0.2, 0) is 41.6 Å². The number of nitrogens with one attached hydrogen (secondary N) is 8. The number of aromatic amines is 3. The molecule has 6 atom stereocenters. The molecule has 3 heterocycles. The van der Waals surface area contributed by atoms with Crippen LogP contribution in [0.25, 0.3) is 21.8 Å². The quantitative estimate of drug-likeness (QED) is 0.0203. The number of carbonyl (C=O) groups is 6. The molecule has 0 saturated heterocycles. The van der Waals surface area contributed by atoms with Gasteiger partial charge in [-0.15, -0.1) is 0 Å². The highest BCUT2D eigenvalue weighted by Crippen LogP contribution is 2.53. The lowest BCUT2D eigenvalue weighted by Crippen LogP contribution is -2.58. The minimum atomic E-state index is -1.45. The highest BCUT2D eigenvalue weighted by molar-refractivity contribution is 6.04. The van der Waals surface area contributed by atoms with Gasteiger partial charge in [0.1, 0.15) is 17.6 Å². The Labute approximate surface area is 369 Å². The monoisotopic (exact) mass is 875 g/mol. The average molecular weight is 876 g/mol. The molecule has 5 amide bonds. The third-order valence-electron chi connectivity index (χ3n) is 11.4. The summed E-state index contributed by atoms with van der Waals surface area (Å²) in [4.78, 5) is 100. The molecule has 19 heteroatoms. The lowest BCUT2D eigenvalue weighted by Gasteiger charge is -2.26. The van der Waals surface area contributed by atoms with Crippen LogP contribution in [0.15, 0.2) is 90.6 Å². The van der Waals surface area contributed by atoms with Crippen LogP contribution in [0.2, 0.25) is 0 Å². The Morgan fingerprint density at radius 2 is 1.55 bits per heavy atom. The summed E-state index contributed by atoms with van der Waals surface area (Å²) in [5, 5.41) is 15.6. The van der Waals surface area contributed by atoms with Crippen molar-refractivity contribution in [2.24, 2.45) is 28.1 Å². The predicted molar refractivity (Wildman–Crippen MR) is 242 cm³/mol. The second-order valence-corrected chi connectivity index (χ2v) is 16.6. The number of fused-ring (bicyclic) bond motifs is 2. The van der Waals surface area contributed by atoms with Gasteiger partial charge in [-0.1, -0.05) is 56.8 Å². The number of nitrogens with zero attached hydrogens (tertiary/aromatic N) is 2. The van der Waals surface area contributed by atoms with Crippen molar-refractivity contribution in [3.05, 3.63) is 102 Å². The van der Waals surface area contributed by atoms with Crippen molar-refractivity contribution < 1.29 is 28.8 Å². The molecule has 0 radical (unpaired) electrons. The number of amides is 5. The fraction of sp³-hybridized carbons (Fsp3) is 0.378. The number of para-hydroxylation sites is 2. The molecule has 0 spiro atoms. The lowest BCUT2D eigenvalue weighted by molar-refractivity contribution is -0.134. The molecule has 3 aromatic heterocycles. The van der Waals surface area contributed by atoms with Gasteiger partial charge >= 0.3 is 0 Å². The van der Waals surface area contributed by atoms with E-state index in [2.05, 4.69) is 58.1 Å². The van der Waals surface area contributed by atoms with E-state index in [0.29, 0.717) is 5.69 Å². The minimum absolute atomic E-state index is 0.0421. The predicted octanol–water partition coefficient (Wildman–Crippen LogP) is 0.953. The van der Waals surface area contributed by atoms with Crippen LogP contribution in [0.5, 0.6) is 0 Å². The molecule has 14 N–H and O–H groups in total. The summed E-state index contributed by atoms with van der Waals surface area (Å²) in [5.74, 6) is -4.44. The lowest BCUT2D eigenvalue weighted by atomic mass is 9.95. The number of rotatable bonds is 22. The summed E-state index contributed by atoms with van der Waals surface area (Å²) in [7, 11) is 0. The summed E-state index contributed by atoms with van der Waals surface area (Å²) in [6.45, 7) is 8.53. The maximum Gasteiger partial charge on any atom is 0.247 e. The Hall–Kier alpha value is -7.28. The van der Waals surface area contributed by atoms with Crippen LogP contribution in [-0.4, -0.2) is 104 Å². The van der Waals surface area contributed by atoms with E-state index < -0.39 is 71.7 Å². The largest absolute Gasteiger partial charge is 0.370 e. The third-order valence-corrected chi connectivity index (χ3v) is 11.4. The highest BCUT2D eigenvalue weighted by Gasteiger charge is 2.62. The Balaban J connectivity index is 1.19. The first kappa shape index (κ1) is 46.2. The maximum absolute atomic E-state index is 14.2. The van der Waals surface area contributed by atoms with E-state index >= 15 is 0 Å². The van der Waals surface area contributed by atoms with Crippen molar-refractivity contribution in [3.8, 4) is 0 Å². The third kappa shape index (κ3) is 11.0. The van der Waals surface area contributed by atoms with Gasteiger partial charge in [0.2, 0.25) is 29.5 Å². The summed E-state index contributed by atoms with van der Waals surface area (Å²) >= 11 is 0. The molecule has 6 rings (SSSR count). The summed E-state index contributed by atoms with van der Waals surface area (Å²) in [5.41, 5.74) is 20.0. The second-order valence-electron chi connectivity index (χ2n) is 16.6. The zero-order chi connectivity index (χ0) is 46.1. The second kappa shape index (κ2) is 20.3. The molecule has 0 aliphatic heterocycles. The van der Waals surface area contributed by atoms with E-state index in [4.69, 9.17) is 17.2 Å². The van der Waals surface area contributed by atoms with Crippen LogP contribution < -0.4 is 43.8 Å². The maximum atomic E-state index is 14.2. The zero-order valence-corrected chi connectivity index (χ0v) is 36.1. The van der Waals surface area contributed by atoms with Crippen LogP contribution in [0.3, 0.4) is 0 Å². The van der Waals surface area contributed by atoms with E-state index in [1.165, 1.54) is 6.33 Å². The number of guanidine groups is 1. The first-order chi connectivity index (χ1) is 30.6. The van der Waals surface area contributed by atoms with Crippen LogP contribution in [0.4, 0.5) is 0 Å². The molecule has 1 aliphatic carbocycles. The van der Waals surface area contributed by atoms with Gasteiger partial charge in [0, 0.05) is 71.4 Å². The van der Waals surface area contributed by atoms with E-state index in [1.807, 2.05) is 48.5 Å². The number of benzene rings is 2. The van der Waals surface area contributed by atoms with Gasteiger partial charge in [0.05, 0.1) is 25.0 Å². The first-order valence-electron chi connectivity index (χ1n) is 21.2. The van der Waals surface area contributed by atoms with Crippen molar-refractivity contribution >= 4 is 63.1 Å². The summed E-state index contributed by atoms with van der Waals surface area (Å²) in [6.07, 6.45) is 7.26. The van der Waals surface area contributed by atoms with Gasteiger partial charge in [0.15, 0.2) is 11.7 Å². The normalized spacial score (nSPS) is 17.4. The van der Waals surface area contributed by atoms with Gasteiger partial charge < -0.3 is 58.7 Å². The molecular formula is C45H57N13O6. The van der Waals surface area contributed by atoms with Crippen LogP contribution >= 0.6 is 0 Å². The molecule has 64 heavy (non-hydrogen) atoms. The van der Waals surface area contributed by atoms with Crippen molar-refractivity contribution in [1.82, 2.24) is 46.5 Å². The van der Waals surface area contributed by atoms with E-state index in [-0.39, 0.29) is 61.9 Å². The van der Waals surface area contributed by atoms with Crippen molar-refractivity contribution in [2.45, 2.75) is 88.5 Å². The zero-order valence-electron chi connectivity index (χ0n) is 36.1. The van der Waals surface area contributed by atoms with Crippen LogP contribution in [0.1, 0.15) is 62.8 Å². The summed E-state index contributed by atoms with van der Waals surface area (Å²) in [6, 6.07) is 10.7. The Bertz CT molecular complexity index is 2540. The SMILES string of the molecule is C=C(C)C(=O)[C@@H](NC(=O)C1(NC(=O)CNC(=O)[C@H](CCCN=C(N)N)NC(=O)[C@H](Cc2c[nH]c3ccccc23)NC(=O)[C@@H](N)Cc2cnc[nH]2)CC1c1c[nH]c2ccccc12)C(C)C. The first-order valence-corrected chi connectivity index (χ1v) is 21.2. The Kier molecular flexibility index (Phi) is 14.6. The molecule has 5 aromatic rings. The van der Waals surface area contributed by atoms with Crippen molar-refractivity contribution in [3.63, 3.8) is 0 Å². The summed E-state index contributed by atoms with van der Waals surface area (Å²) < 4.78 is 0. The van der Waals surface area contributed by atoms with E-state index in [9.17, 15) is 28.8 Å². The number of hydrogen-bond acceptors (Lipinski definition) is 9. The van der Waals surface area contributed by atoms with Crippen molar-refractivity contribution in [2.75, 3.05) is 13.1 Å². The smallest absolute Gasteiger partial charge is 0.247 e. The van der Waals surface area contributed by atoms with E-state index in [1.54, 1.807) is 39.4 Å². The molecule has 1 fully saturated rings. The fourth-order valence-corrected chi connectivity index (χ4v) is 7.90. The van der Waals surface area contributed by atoms with Crippen LogP contribution in [0, 0.1) is 5.92 Å². The number of H-pyrrole nitrogens is 3. The average Bonchev–Trinajstić information content (AvgIpc) is 3.64. The number of hydrogen-bond donors (Lipinski definition) is 11. The van der Waals surface area contributed by atoms with Crippen molar-refractivity contribution in [1.29, 1.82) is 0 Å². The van der Waals surface area contributed by atoms with Gasteiger partial charge in [-0.3, -0.25) is 33.8 Å². The van der Waals surface area contributed by atoms with Gasteiger partial charge in [0.25, 0.3) is 0 Å². The molecule has 338 valence electrons. The van der Waals surface area contributed by atoms with Gasteiger partial charge in [-0.25, -0.2) is 4.98 Å². The Morgan fingerprint density at radius 1 is 0.875 bits per heavy atom. The molecule has 0 bridgehead atoms. The highest BCUT2D eigenvalue weighted by atomic mass is 16.2. The number of aromatic nitrogens is 4. The molecule has 1 saturated carbocycles. The molecule has 2 unspecified atom stereocenters. The standard InChI is InChI=1S/C45H57N13O6/c1-24(2)38(39(60)25(3)4)57-43(64)45(18-31(45)30-21-52-34-13-8-6-11-29(30)34)58-37(59)22-53-41(62)35(14-9-15-50-44(47)48)55-42(63)36(16-26-19-51-33-12-7-5-10-28(26)33)56-40(61)32(46)17-27-20-49-23-54-27/h5-8,10-13,19-21,23-24,31-32,35-36,38,51-52H,3,9,14-18,22,46H2,1-2,4H3,(H,49,54)(H,53,62)(H,55,63)(H,56,61)(H,57,64)(H,58,59)(H4,47,48,50)/t31?,32-,35-,36-,38-,45?/m0/s1.